The number of likely N-dealkylation sites (tertiary alicyclic amines) is 1. The number of nitrogens with zero attached hydrogens (tertiary/aromatic N) is 1. The van der Waals surface area contributed by atoms with E-state index in [1.165, 1.54) is 30.5 Å². The van der Waals surface area contributed by atoms with Gasteiger partial charge in [0.2, 0.25) is 0 Å². The van der Waals surface area contributed by atoms with Crippen molar-refractivity contribution in [3.05, 3.63) is 29.3 Å². The Hall–Kier alpha value is -1.06. The Morgan fingerprint density at radius 3 is 2.89 bits per heavy atom. The predicted molar refractivity (Wildman–Crippen MR) is 79.8 cm³/mol. The van der Waals surface area contributed by atoms with E-state index in [1.54, 1.807) is 7.11 Å². The summed E-state index contributed by atoms with van der Waals surface area (Å²) in [6.07, 6.45) is 2.55. The Labute approximate surface area is 116 Å². The molecule has 1 aliphatic rings. The van der Waals surface area contributed by atoms with E-state index in [1.807, 2.05) is 0 Å². The van der Waals surface area contributed by atoms with Gasteiger partial charge in [0, 0.05) is 24.2 Å². The van der Waals surface area contributed by atoms with Gasteiger partial charge in [0.05, 0.1) is 7.11 Å². The van der Waals surface area contributed by atoms with Gasteiger partial charge in [-0.05, 0) is 46.3 Å². The fraction of sp³-hybridized carbons (Fsp3) is 0.625. The summed E-state index contributed by atoms with van der Waals surface area (Å²) in [6.45, 7) is 6.73. The van der Waals surface area contributed by atoms with Gasteiger partial charge in [0.1, 0.15) is 5.75 Å². The Balaban J connectivity index is 2.18. The molecule has 2 atom stereocenters. The molecule has 1 aromatic carbocycles. The molecule has 0 saturated carbocycles. The second-order valence-electron chi connectivity index (χ2n) is 5.54. The zero-order chi connectivity index (χ0) is 13.8. The van der Waals surface area contributed by atoms with E-state index in [-0.39, 0.29) is 0 Å². The van der Waals surface area contributed by atoms with Gasteiger partial charge >= 0.3 is 0 Å². The normalized spacial score (nSPS) is 22.2. The number of likely N-dealkylation sites (N-methyl/N-ethyl adjacent to an activating group) is 1. The summed E-state index contributed by atoms with van der Waals surface area (Å²) >= 11 is 0. The average molecular weight is 262 g/mol. The third kappa shape index (κ3) is 3.28. The highest BCUT2D eigenvalue weighted by atomic mass is 16.5. The number of hydrogen-bond donors (Lipinski definition) is 1. The first-order valence-corrected chi connectivity index (χ1v) is 7.21. The SMILES string of the molecule is CNC1CCCN(C(C)c2cc(C)ccc2OC)C1. The summed E-state index contributed by atoms with van der Waals surface area (Å²) in [7, 11) is 3.82. The fourth-order valence-corrected chi connectivity index (χ4v) is 2.97. The van der Waals surface area contributed by atoms with Crippen molar-refractivity contribution in [2.75, 3.05) is 27.2 Å². The van der Waals surface area contributed by atoms with Crippen LogP contribution >= 0.6 is 0 Å². The van der Waals surface area contributed by atoms with Gasteiger partial charge in [-0.2, -0.15) is 0 Å². The van der Waals surface area contributed by atoms with Crippen LogP contribution in [0.3, 0.4) is 0 Å². The average Bonchev–Trinajstić information content (AvgIpc) is 2.46. The van der Waals surface area contributed by atoms with Gasteiger partial charge in [-0.15, -0.1) is 0 Å². The maximum Gasteiger partial charge on any atom is 0.123 e. The van der Waals surface area contributed by atoms with Gasteiger partial charge in [-0.25, -0.2) is 0 Å². The molecule has 2 rings (SSSR count). The van der Waals surface area contributed by atoms with E-state index in [0.717, 1.165) is 12.3 Å². The van der Waals surface area contributed by atoms with Crippen molar-refractivity contribution in [1.29, 1.82) is 0 Å². The van der Waals surface area contributed by atoms with Crippen molar-refractivity contribution in [2.45, 2.75) is 38.8 Å². The summed E-state index contributed by atoms with van der Waals surface area (Å²) in [5.41, 5.74) is 2.60. The van der Waals surface area contributed by atoms with Crippen molar-refractivity contribution in [1.82, 2.24) is 10.2 Å². The fourth-order valence-electron chi connectivity index (χ4n) is 2.97. The largest absolute Gasteiger partial charge is 0.496 e. The molecule has 0 amide bonds. The van der Waals surface area contributed by atoms with Crippen molar-refractivity contribution in [2.24, 2.45) is 0 Å². The molecule has 0 aliphatic carbocycles. The van der Waals surface area contributed by atoms with Crippen LogP contribution in [-0.2, 0) is 0 Å². The van der Waals surface area contributed by atoms with Gasteiger partial charge in [0.25, 0.3) is 0 Å². The second kappa shape index (κ2) is 6.40. The van der Waals surface area contributed by atoms with Crippen LogP contribution in [0, 0.1) is 6.92 Å². The monoisotopic (exact) mass is 262 g/mol. The lowest BCUT2D eigenvalue weighted by atomic mass is 9.98. The van der Waals surface area contributed by atoms with Crippen LogP contribution in [0.4, 0.5) is 0 Å². The number of benzene rings is 1. The molecule has 3 heteroatoms. The van der Waals surface area contributed by atoms with Gasteiger partial charge < -0.3 is 10.1 Å². The third-order valence-corrected chi connectivity index (χ3v) is 4.24. The Bertz CT molecular complexity index is 419. The number of hydrogen-bond acceptors (Lipinski definition) is 3. The molecule has 0 bridgehead atoms. The number of methoxy groups -OCH3 is 1. The number of ether oxygens (including phenoxy) is 1. The highest BCUT2D eigenvalue weighted by Crippen LogP contribution is 2.31. The maximum absolute atomic E-state index is 5.52. The van der Waals surface area contributed by atoms with Gasteiger partial charge in [-0.3, -0.25) is 4.90 Å². The molecule has 1 N–H and O–H groups in total. The summed E-state index contributed by atoms with van der Waals surface area (Å²) in [4.78, 5) is 2.56. The molecule has 0 aromatic heterocycles. The summed E-state index contributed by atoms with van der Waals surface area (Å²) in [5, 5.41) is 3.41. The minimum absolute atomic E-state index is 0.408. The molecular weight excluding hydrogens is 236 g/mol. The topological polar surface area (TPSA) is 24.5 Å². The third-order valence-electron chi connectivity index (χ3n) is 4.24. The van der Waals surface area contributed by atoms with Crippen LogP contribution in [0.15, 0.2) is 18.2 Å². The lowest BCUT2D eigenvalue weighted by Gasteiger charge is -2.37. The van der Waals surface area contributed by atoms with Crippen LogP contribution in [0.25, 0.3) is 0 Å². The predicted octanol–water partition coefficient (Wildman–Crippen LogP) is 2.75. The minimum atomic E-state index is 0.408. The lowest BCUT2D eigenvalue weighted by Crippen LogP contribution is -2.45. The van der Waals surface area contributed by atoms with Crippen molar-refractivity contribution in [3.63, 3.8) is 0 Å². The van der Waals surface area contributed by atoms with E-state index in [4.69, 9.17) is 4.74 Å². The molecule has 1 saturated heterocycles. The molecule has 1 heterocycles. The standard InChI is InChI=1S/C16H26N2O/c1-12-7-8-16(19-4)15(10-12)13(2)18-9-5-6-14(11-18)17-3/h7-8,10,13-14,17H,5-6,9,11H2,1-4H3. The molecule has 106 valence electrons. The summed E-state index contributed by atoms with van der Waals surface area (Å²) in [6, 6.07) is 7.48. The maximum atomic E-state index is 5.52. The molecule has 1 aliphatic heterocycles. The molecule has 0 radical (unpaired) electrons. The molecule has 1 aromatic rings. The lowest BCUT2D eigenvalue weighted by molar-refractivity contribution is 0.147. The number of nitrogens with one attached hydrogen (secondary N) is 1. The second-order valence-corrected chi connectivity index (χ2v) is 5.54. The quantitative estimate of drug-likeness (QED) is 0.903. The number of aryl methyl sites for hydroxylation is 1. The first kappa shape index (κ1) is 14.4. The van der Waals surface area contributed by atoms with Crippen molar-refractivity contribution < 1.29 is 4.74 Å². The summed E-state index contributed by atoms with van der Waals surface area (Å²) in [5.74, 6) is 1.00. The highest BCUT2D eigenvalue weighted by Gasteiger charge is 2.25. The number of rotatable bonds is 4. The summed E-state index contributed by atoms with van der Waals surface area (Å²) < 4.78 is 5.52. The van der Waals surface area contributed by atoms with E-state index in [2.05, 4.69) is 49.3 Å². The molecule has 2 unspecified atom stereocenters. The van der Waals surface area contributed by atoms with Gasteiger partial charge in [0.15, 0.2) is 0 Å². The molecule has 3 nitrogen and oxygen atoms in total. The zero-order valence-electron chi connectivity index (χ0n) is 12.6. The van der Waals surface area contributed by atoms with Crippen LogP contribution in [-0.4, -0.2) is 38.2 Å². The minimum Gasteiger partial charge on any atom is -0.496 e. The van der Waals surface area contributed by atoms with E-state index in [0.29, 0.717) is 12.1 Å². The van der Waals surface area contributed by atoms with E-state index < -0.39 is 0 Å². The molecule has 1 fully saturated rings. The van der Waals surface area contributed by atoms with Crippen molar-refractivity contribution >= 4 is 0 Å². The molecular formula is C16H26N2O. The Morgan fingerprint density at radius 1 is 1.42 bits per heavy atom. The van der Waals surface area contributed by atoms with Crippen LogP contribution < -0.4 is 10.1 Å². The van der Waals surface area contributed by atoms with Crippen molar-refractivity contribution in [3.8, 4) is 5.75 Å². The smallest absolute Gasteiger partial charge is 0.123 e. The van der Waals surface area contributed by atoms with Gasteiger partial charge in [-0.1, -0.05) is 17.7 Å². The number of piperidine rings is 1. The molecule has 0 spiro atoms. The Morgan fingerprint density at radius 2 is 2.21 bits per heavy atom. The van der Waals surface area contributed by atoms with E-state index in [9.17, 15) is 0 Å². The Kier molecular flexibility index (Phi) is 4.83. The first-order valence-electron chi connectivity index (χ1n) is 7.21. The highest BCUT2D eigenvalue weighted by molar-refractivity contribution is 5.39. The van der Waals surface area contributed by atoms with Crippen LogP contribution in [0.5, 0.6) is 5.75 Å². The molecule has 19 heavy (non-hydrogen) atoms. The van der Waals surface area contributed by atoms with Crippen LogP contribution in [0.1, 0.15) is 36.9 Å². The first-order chi connectivity index (χ1) is 9.15. The van der Waals surface area contributed by atoms with Crippen LogP contribution in [0.2, 0.25) is 0 Å². The zero-order valence-corrected chi connectivity index (χ0v) is 12.6. The van der Waals surface area contributed by atoms with E-state index >= 15 is 0 Å².